The van der Waals surface area contributed by atoms with Crippen LogP contribution < -0.4 is 4.74 Å². The second-order valence-corrected chi connectivity index (χ2v) is 12.7. The van der Waals surface area contributed by atoms with Crippen molar-refractivity contribution in [2.75, 3.05) is 0 Å². The fourth-order valence-corrected chi connectivity index (χ4v) is 6.16. The predicted molar refractivity (Wildman–Crippen MR) is 126 cm³/mol. The molecule has 2 saturated carbocycles. The molecule has 5 atom stereocenters. The zero-order valence-corrected chi connectivity index (χ0v) is 21.1. The second kappa shape index (κ2) is 7.95. The van der Waals surface area contributed by atoms with E-state index in [0.717, 1.165) is 31.2 Å². The number of benzene rings is 1. The highest BCUT2D eigenvalue weighted by molar-refractivity contribution is 5.99. The quantitative estimate of drug-likeness (QED) is 0.399. The Labute approximate surface area is 197 Å². The van der Waals surface area contributed by atoms with Gasteiger partial charge < -0.3 is 9.47 Å². The molecule has 0 saturated heterocycles. The molecule has 1 aromatic rings. The maximum atomic E-state index is 13.2. The van der Waals surface area contributed by atoms with Crippen LogP contribution in [0.4, 0.5) is 0 Å². The normalized spacial score (nSPS) is 31.3. The first-order chi connectivity index (χ1) is 15.2. The number of ketones is 1. The fourth-order valence-electron chi connectivity index (χ4n) is 6.16. The number of esters is 2. The third kappa shape index (κ3) is 4.24. The molecule has 0 radical (unpaired) electrons. The lowest BCUT2D eigenvalue weighted by atomic mass is 9.55. The molecular formula is C28H38O5. The van der Waals surface area contributed by atoms with Crippen molar-refractivity contribution in [1.29, 1.82) is 0 Å². The minimum absolute atomic E-state index is 0.0779. The van der Waals surface area contributed by atoms with Crippen LogP contribution in [0.3, 0.4) is 0 Å². The lowest BCUT2D eigenvalue weighted by Gasteiger charge is -2.50. The van der Waals surface area contributed by atoms with Crippen molar-refractivity contribution < 1.29 is 23.9 Å². The molecule has 33 heavy (non-hydrogen) atoms. The van der Waals surface area contributed by atoms with Gasteiger partial charge in [-0.3, -0.25) is 14.4 Å². The summed E-state index contributed by atoms with van der Waals surface area (Å²) in [4.78, 5) is 38.1. The first-order valence-corrected chi connectivity index (χ1v) is 12.3. The van der Waals surface area contributed by atoms with E-state index in [1.54, 1.807) is 6.07 Å². The fraction of sp³-hybridized carbons (Fsp3) is 0.679. The van der Waals surface area contributed by atoms with Gasteiger partial charge in [0, 0.05) is 17.4 Å². The molecule has 0 aliphatic heterocycles. The Morgan fingerprint density at radius 2 is 1.64 bits per heavy atom. The molecule has 0 heterocycles. The van der Waals surface area contributed by atoms with Crippen LogP contribution in [0.2, 0.25) is 0 Å². The average molecular weight is 455 g/mol. The van der Waals surface area contributed by atoms with E-state index in [4.69, 9.17) is 9.47 Å². The number of carbonyl (C=O) groups excluding carboxylic acids is 3. The van der Waals surface area contributed by atoms with Crippen molar-refractivity contribution in [3.63, 3.8) is 0 Å². The van der Waals surface area contributed by atoms with E-state index in [1.165, 1.54) is 0 Å². The first kappa shape index (κ1) is 24.0. The molecular weight excluding hydrogens is 416 g/mol. The van der Waals surface area contributed by atoms with Crippen LogP contribution in [0, 0.1) is 28.1 Å². The van der Waals surface area contributed by atoms with E-state index >= 15 is 0 Å². The number of fused-ring (bicyclic) bond motifs is 5. The van der Waals surface area contributed by atoms with Crippen LogP contribution in [0.1, 0.15) is 102 Å². The first-order valence-electron chi connectivity index (χ1n) is 12.3. The molecule has 5 heteroatoms. The summed E-state index contributed by atoms with van der Waals surface area (Å²) in [6.45, 7) is 13.4. The van der Waals surface area contributed by atoms with Crippen molar-refractivity contribution in [3.8, 4) is 5.75 Å². The maximum Gasteiger partial charge on any atom is 0.316 e. The summed E-state index contributed by atoms with van der Waals surface area (Å²) in [7, 11) is 0. The molecule has 1 unspecified atom stereocenters. The second-order valence-electron chi connectivity index (χ2n) is 12.7. The van der Waals surface area contributed by atoms with Crippen LogP contribution in [-0.4, -0.2) is 23.8 Å². The molecule has 5 nitrogen and oxygen atoms in total. The molecule has 0 N–H and O–H groups in total. The van der Waals surface area contributed by atoms with Crippen molar-refractivity contribution in [3.05, 3.63) is 29.3 Å². The van der Waals surface area contributed by atoms with Gasteiger partial charge in [0.2, 0.25) is 0 Å². The number of carbonyl (C=O) groups is 3. The van der Waals surface area contributed by atoms with Gasteiger partial charge in [-0.05, 0) is 103 Å². The predicted octanol–water partition coefficient (Wildman–Crippen LogP) is 6.09. The summed E-state index contributed by atoms with van der Waals surface area (Å²) in [5.74, 6) is 1.07. The molecule has 0 amide bonds. The molecule has 0 bridgehead atoms. The molecule has 3 aliphatic rings. The zero-order valence-electron chi connectivity index (χ0n) is 21.1. The van der Waals surface area contributed by atoms with Crippen LogP contribution in [0.15, 0.2) is 18.2 Å². The summed E-state index contributed by atoms with van der Waals surface area (Å²) in [5, 5.41) is 0. The van der Waals surface area contributed by atoms with Gasteiger partial charge in [0.15, 0.2) is 5.78 Å². The standard InChI is InChI=1S/C28H38O5/c1-26(2,3)24(30)32-16-8-9-17-18-12-13-28(7)21(19(18)15-22(29)20(17)14-16)10-11-23(28)33-25(31)27(4,5)6/h8-9,14,18-19,21,23H,10-13,15H2,1-7H3/t18-,19-,21+,23?,28+/m1/s1. The molecule has 0 spiro atoms. The highest BCUT2D eigenvalue weighted by Gasteiger charge is 2.57. The van der Waals surface area contributed by atoms with Crippen LogP contribution in [-0.2, 0) is 14.3 Å². The van der Waals surface area contributed by atoms with E-state index in [1.807, 2.05) is 53.7 Å². The smallest absolute Gasteiger partial charge is 0.316 e. The van der Waals surface area contributed by atoms with Gasteiger partial charge in [0.05, 0.1) is 10.8 Å². The Hall–Kier alpha value is -2.17. The van der Waals surface area contributed by atoms with Crippen molar-refractivity contribution in [1.82, 2.24) is 0 Å². The summed E-state index contributed by atoms with van der Waals surface area (Å²) < 4.78 is 11.6. The van der Waals surface area contributed by atoms with Crippen LogP contribution >= 0.6 is 0 Å². The Kier molecular flexibility index (Phi) is 5.78. The van der Waals surface area contributed by atoms with Gasteiger partial charge in [-0.15, -0.1) is 0 Å². The monoisotopic (exact) mass is 454 g/mol. The Morgan fingerprint density at radius 1 is 0.970 bits per heavy atom. The number of rotatable bonds is 2. The average Bonchev–Trinajstić information content (AvgIpc) is 3.03. The number of hydrogen-bond donors (Lipinski definition) is 0. The van der Waals surface area contributed by atoms with Gasteiger partial charge in [-0.1, -0.05) is 13.0 Å². The largest absolute Gasteiger partial charge is 0.461 e. The van der Waals surface area contributed by atoms with E-state index < -0.39 is 10.8 Å². The van der Waals surface area contributed by atoms with E-state index in [2.05, 4.69) is 6.92 Å². The Bertz CT molecular complexity index is 979. The molecule has 1 aromatic carbocycles. The van der Waals surface area contributed by atoms with Crippen LogP contribution in [0.25, 0.3) is 0 Å². The van der Waals surface area contributed by atoms with Gasteiger partial charge >= 0.3 is 11.9 Å². The third-order valence-corrected chi connectivity index (χ3v) is 8.18. The molecule has 4 rings (SSSR count). The molecule has 3 aliphatic carbocycles. The summed E-state index contributed by atoms with van der Waals surface area (Å²) in [5.41, 5.74) is 0.590. The van der Waals surface area contributed by atoms with Gasteiger partial charge in [-0.2, -0.15) is 0 Å². The van der Waals surface area contributed by atoms with Crippen molar-refractivity contribution >= 4 is 17.7 Å². The van der Waals surface area contributed by atoms with Gasteiger partial charge in [-0.25, -0.2) is 0 Å². The van der Waals surface area contributed by atoms with Crippen LogP contribution in [0.5, 0.6) is 5.75 Å². The minimum Gasteiger partial charge on any atom is -0.461 e. The summed E-state index contributed by atoms with van der Waals surface area (Å²) >= 11 is 0. The van der Waals surface area contributed by atoms with Gasteiger partial charge in [0.25, 0.3) is 0 Å². The van der Waals surface area contributed by atoms with Crippen molar-refractivity contribution in [2.24, 2.45) is 28.1 Å². The summed E-state index contributed by atoms with van der Waals surface area (Å²) in [6, 6.07) is 5.58. The van der Waals surface area contributed by atoms with E-state index in [0.29, 0.717) is 29.6 Å². The topological polar surface area (TPSA) is 69.7 Å². The van der Waals surface area contributed by atoms with Gasteiger partial charge in [0.1, 0.15) is 11.9 Å². The minimum atomic E-state index is -0.603. The molecule has 2 fully saturated rings. The molecule has 180 valence electrons. The summed E-state index contributed by atoms with van der Waals surface area (Å²) in [6.07, 6.45) is 4.25. The number of ether oxygens (including phenoxy) is 2. The van der Waals surface area contributed by atoms with E-state index in [9.17, 15) is 14.4 Å². The Morgan fingerprint density at radius 3 is 2.27 bits per heavy atom. The zero-order chi connectivity index (χ0) is 24.3. The third-order valence-electron chi connectivity index (χ3n) is 8.18. The van der Waals surface area contributed by atoms with Crippen molar-refractivity contribution in [2.45, 2.75) is 92.6 Å². The maximum absolute atomic E-state index is 13.2. The lowest BCUT2D eigenvalue weighted by Crippen LogP contribution is -2.46. The number of Topliss-reactive ketones (excluding diaryl/α,β-unsaturated/α-hetero) is 1. The highest BCUT2D eigenvalue weighted by Crippen LogP contribution is 2.61. The Balaban J connectivity index is 1.56. The lowest BCUT2D eigenvalue weighted by molar-refractivity contribution is -0.167. The van der Waals surface area contributed by atoms with E-state index in [-0.39, 0.29) is 35.2 Å². The molecule has 0 aromatic heterocycles. The SMILES string of the molecule is CC(C)(C)C(=O)Oc1ccc2c(c1)C(=O)C[C@@H]1[C@@H]2CC[C@]2(C)C(OC(=O)C(C)(C)C)CC[C@@H]12. The highest BCUT2D eigenvalue weighted by atomic mass is 16.5. The number of hydrogen-bond acceptors (Lipinski definition) is 5.